The predicted molar refractivity (Wildman–Crippen MR) is 105 cm³/mol. The maximum absolute atomic E-state index is 13.1. The van der Waals surface area contributed by atoms with Gasteiger partial charge in [0.05, 0.1) is 24.6 Å². The van der Waals surface area contributed by atoms with Gasteiger partial charge in [0.1, 0.15) is 5.60 Å². The van der Waals surface area contributed by atoms with E-state index in [1.165, 1.54) is 13.3 Å². The lowest BCUT2D eigenvalue weighted by atomic mass is 10.2. The zero-order valence-corrected chi connectivity index (χ0v) is 17.4. The number of ether oxygens (including phenoxy) is 2. The molecule has 0 spiro atoms. The zero-order chi connectivity index (χ0) is 23.7. The standard InChI is InChI=1S/C19H18F3N5O5/c1-18(2,3)31-17(29)27(11-7-5-10(6-8-11)19(20,21)22)15-13(14-25-16(28)32-26-14)24-12(30-4)9-23-15/h5-9H,1-4H3,(H,25,26,28). The summed E-state index contributed by atoms with van der Waals surface area (Å²) < 4.78 is 53.9. The minimum Gasteiger partial charge on any atom is -0.480 e. The number of hydrogen-bond donors (Lipinski definition) is 1. The summed E-state index contributed by atoms with van der Waals surface area (Å²) >= 11 is 0. The van der Waals surface area contributed by atoms with Gasteiger partial charge in [0.15, 0.2) is 11.5 Å². The SMILES string of the molecule is COc1cnc(N(C(=O)OC(C)(C)C)c2ccc(C(F)(F)F)cc2)c(-c2noc(=O)[nH]2)n1. The van der Waals surface area contributed by atoms with Gasteiger partial charge in [0.2, 0.25) is 11.7 Å². The maximum atomic E-state index is 13.1. The van der Waals surface area contributed by atoms with Crippen molar-refractivity contribution in [3.8, 4) is 17.4 Å². The Kier molecular flexibility index (Phi) is 5.92. The van der Waals surface area contributed by atoms with Gasteiger partial charge in [-0.05, 0) is 45.0 Å². The number of aromatic amines is 1. The summed E-state index contributed by atoms with van der Waals surface area (Å²) in [7, 11) is 1.32. The molecule has 3 rings (SSSR count). The first kappa shape index (κ1) is 22.8. The molecule has 1 amide bonds. The summed E-state index contributed by atoms with van der Waals surface area (Å²) in [5, 5.41) is 3.55. The Morgan fingerprint density at radius 1 is 1.16 bits per heavy atom. The summed E-state index contributed by atoms with van der Waals surface area (Å²) in [6.45, 7) is 4.85. The van der Waals surface area contributed by atoms with Gasteiger partial charge in [-0.1, -0.05) is 5.16 Å². The number of hydrogen-bond acceptors (Lipinski definition) is 8. The molecule has 32 heavy (non-hydrogen) atoms. The van der Waals surface area contributed by atoms with E-state index in [-0.39, 0.29) is 28.9 Å². The van der Waals surface area contributed by atoms with Gasteiger partial charge in [-0.2, -0.15) is 13.2 Å². The first-order chi connectivity index (χ1) is 14.9. The van der Waals surface area contributed by atoms with Crippen LogP contribution in [-0.4, -0.2) is 38.9 Å². The van der Waals surface area contributed by atoms with E-state index >= 15 is 0 Å². The normalized spacial score (nSPS) is 11.8. The van der Waals surface area contributed by atoms with Crippen molar-refractivity contribution >= 4 is 17.6 Å². The van der Waals surface area contributed by atoms with E-state index in [0.29, 0.717) is 0 Å². The Balaban J connectivity index is 2.20. The van der Waals surface area contributed by atoms with Crippen LogP contribution < -0.4 is 15.4 Å². The van der Waals surface area contributed by atoms with Crippen molar-refractivity contribution in [2.45, 2.75) is 32.5 Å². The summed E-state index contributed by atoms with van der Waals surface area (Å²) in [4.78, 5) is 36.0. The number of benzene rings is 1. The van der Waals surface area contributed by atoms with Crippen LogP contribution in [0.2, 0.25) is 0 Å². The second kappa shape index (κ2) is 8.32. The van der Waals surface area contributed by atoms with Crippen LogP contribution in [0.4, 0.5) is 29.5 Å². The lowest BCUT2D eigenvalue weighted by molar-refractivity contribution is -0.137. The van der Waals surface area contributed by atoms with E-state index in [4.69, 9.17) is 9.47 Å². The molecular formula is C19H18F3N5O5. The molecule has 2 heterocycles. The second-order valence-electron chi connectivity index (χ2n) is 7.39. The van der Waals surface area contributed by atoms with Crippen LogP contribution in [-0.2, 0) is 10.9 Å². The van der Waals surface area contributed by atoms with Gasteiger partial charge in [0.25, 0.3) is 0 Å². The average molecular weight is 453 g/mol. The number of anilines is 2. The Bertz CT molecular complexity index is 1170. The zero-order valence-electron chi connectivity index (χ0n) is 17.4. The highest BCUT2D eigenvalue weighted by molar-refractivity contribution is 5.98. The predicted octanol–water partition coefficient (Wildman–Crippen LogP) is 3.92. The van der Waals surface area contributed by atoms with E-state index in [0.717, 1.165) is 29.2 Å². The van der Waals surface area contributed by atoms with Crippen molar-refractivity contribution in [3.05, 3.63) is 46.6 Å². The van der Waals surface area contributed by atoms with Crippen LogP contribution in [0.15, 0.2) is 39.8 Å². The smallest absolute Gasteiger partial charge is 0.439 e. The Morgan fingerprint density at radius 3 is 2.31 bits per heavy atom. The molecule has 0 aliphatic heterocycles. The number of nitrogens with one attached hydrogen (secondary N) is 1. The topological polar surface area (TPSA) is 123 Å². The number of aromatic nitrogens is 4. The first-order valence-corrected chi connectivity index (χ1v) is 9.07. The number of alkyl halides is 3. The van der Waals surface area contributed by atoms with Gasteiger partial charge < -0.3 is 9.47 Å². The molecule has 1 aromatic carbocycles. The van der Waals surface area contributed by atoms with Crippen LogP contribution in [0.1, 0.15) is 26.3 Å². The molecule has 0 aliphatic rings. The third-order valence-corrected chi connectivity index (χ3v) is 3.85. The molecule has 2 aromatic heterocycles. The fraction of sp³-hybridized carbons (Fsp3) is 0.316. The van der Waals surface area contributed by atoms with Crippen LogP contribution in [0.3, 0.4) is 0 Å². The van der Waals surface area contributed by atoms with Crippen molar-refractivity contribution in [1.29, 1.82) is 0 Å². The summed E-state index contributed by atoms with van der Waals surface area (Å²) in [5.41, 5.74) is -1.99. The third-order valence-electron chi connectivity index (χ3n) is 3.85. The lowest BCUT2D eigenvalue weighted by Crippen LogP contribution is -2.34. The van der Waals surface area contributed by atoms with Crippen LogP contribution in [0.5, 0.6) is 5.88 Å². The molecule has 0 radical (unpaired) electrons. The fourth-order valence-corrected chi connectivity index (χ4v) is 2.54. The summed E-state index contributed by atoms with van der Waals surface area (Å²) in [6, 6.07) is 3.77. The molecule has 0 aliphatic carbocycles. The average Bonchev–Trinajstić information content (AvgIpc) is 3.13. The lowest BCUT2D eigenvalue weighted by Gasteiger charge is -2.27. The van der Waals surface area contributed by atoms with Crippen LogP contribution >= 0.6 is 0 Å². The Labute approximate surface area is 179 Å². The van der Waals surface area contributed by atoms with E-state index in [9.17, 15) is 22.8 Å². The number of H-pyrrole nitrogens is 1. The molecular weight excluding hydrogens is 435 g/mol. The number of halogens is 3. The molecule has 0 bridgehead atoms. The largest absolute Gasteiger partial charge is 0.480 e. The quantitative estimate of drug-likeness (QED) is 0.631. The van der Waals surface area contributed by atoms with Gasteiger partial charge in [-0.25, -0.2) is 24.5 Å². The van der Waals surface area contributed by atoms with E-state index in [2.05, 4.69) is 24.6 Å². The monoisotopic (exact) mass is 453 g/mol. The summed E-state index contributed by atoms with van der Waals surface area (Å²) in [5.74, 6) is -1.25. The van der Waals surface area contributed by atoms with Crippen molar-refractivity contribution in [1.82, 2.24) is 20.1 Å². The van der Waals surface area contributed by atoms with Gasteiger partial charge in [-0.3, -0.25) is 9.51 Å². The molecule has 0 saturated heterocycles. The second-order valence-corrected chi connectivity index (χ2v) is 7.39. The van der Waals surface area contributed by atoms with Crippen LogP contribution in [0, 0.1) is 0 Å². The molecule has 0 saturated carbocycles. The fourth-order valence-electron chi connectivity index (χ4n) is 2.54. The first-order valence-electron chi connectivity index (χ1n) is 9.07. The highest BCUT2D eigenvalue weighted by Crippen LogP contribution is 2.35. The van der Waals surface area contributed by atoms with Gasteiger partial charge in [0, 0.05) is 0 Å². The molecule has 0 atom stereocenters. The number of carbonyl (C=O) groups is 1. The Hall–Kier alpha value is -3.90. The molecule has 13 heteroatoms. The highest BCUT2D eigenvalue weighted by Gasteiger charge is 2.33. The molecule has 0 unspecified atom stereocenters. The maximum Gasteiger partial charge on any atom is 0.439 e. The third kappa shape index (κ3) is 5.04. The van der Waals surface area contributed by atoms with Crippen molar-refractivity contribution in [2.75, 3.05) is 12.0 Å². The number of carbonyl (C=O) groups excluding carboxylic acids is 1. The molecule has 3 aromatic rings. The van der Waals surface area contributed by atoms with Crippen LogP contribution in [0.25, 0.3) is 11.5 Å². The molecule has 1 N–H and O–H groups in total. The molecule has 170 valence electrons. The minimum absolute atomic E-state index is 0.00110. The molecule has 0 fully saturated rings. The minimum atomic E-state index is -4.57. The van der Waals surface area contributed by atoms with E-state index in [1.807, 2.05) is 0 Å². The number of methoxy groups -OCH3 is 1. The molecule has 10 nitrogen and oxygen atoms in total. The highest BCUT2D eigenvalue weighted by atomic mass is 19.4. The van der Waals surface area contributed by atoms with Crippen molar-refractivity contribution in [2.24, 2.45) is 0 Å². The van der Waals surface area contributed by atoms with Gasteiger partial charge in [-0.15, -0.1) is 0 Å². The van der Waals surface area contributed by atoms with Crippen molar-refractivity contribution < 1.29 is 32.0 Å². The number of amides is 1. The van der Waals surface area contributed by atoms with E-state index in [1.54, 1.807) is 20.8 Å². The van der Waals surface area contributed by atoms with Gasteiger partial charge >= 0.3 is 18.0 Å². The number of rotatable bonds is 4. The summed E-state index contributed by atoms with van der Waals surface area (Å²) in [6.07, 6.45) is -4.34. The Morgan fingerprint density at radius 2 is 1.81 bits per heavy atom. The van der Waals surface area contributed by atoms with Crippen molar-refractivity contribution in [3.63, 3.8) is 0 Å². The number of nitrogens with zero attached hydrogens (tertiary/aromatic N) is 4. The van der Waals surface area contributed by atoms with E-state index < -0.39 is 29.2 Å².